The third kappa shape index (κ3) is 2.45. The number of benzene rings is 1. The minimum Gasteiger partial charge on any atom is -0.549 e. The van der Waals surface area contributed by atoms with Crippen LogP contribution in [0.2, 0.25) is 0 Å². The van der Waals surface area contributed by atoms with E-state index in [1.165, 1.54) is 11.6 Å². The van der Waals surface area contributed by atoms with E-state index >= 15 is 0 Å². The van der Waals surface area contributed by atoms with Crippen molar-refractivity contribution in [3.05, 3.63) is 30.3 Å². The summed E-state index contributed by atoms with van der Waals surface area (Å²) in [5.41, 5.74) is 0.820. The molecule has 0 aliphatic heterocycles. The predicted octanol–water partition coefficient (Wildman–Crippen LogP) is -0.111. The Morgan fingerprint density at radius 1 is 1.39 bits per heavy atom. The molecule has 0 radical (unpaired) electrons. The van der Waals surface area contributed by atoms with Gasteiger partial charge in [-0.1, -0.05) is 42.1 Å². The van der Waals surface area contributed by atoms with E-state index in [1.807, 2.05) is 30.3 Å². The molecule has 7 heteroatoms. The van der Waals surface area contributed by atoms with Crippen molar-refractivity contribution in [1.82, 2.24) is 14.9 Å². The highest BCUT2D eigenvalue weighted by atomic mass is 32.2. The van der Waals surface area contributed by atoms with Crippen molar-refractivity contribution < 1.29 is 9.90 Å². The molecule has 0 spiro atoms. The first-order valence-electron chi connectivity index (χ1n) is 5.23. The summed E-state index contributed by atoms with van der Waals surface area (Å²) in [5, 5.41) is 18.1. The summed E-state index contributed by atoms with van der Waals surface area (Å²) < 4.78 is 1.28. The molecule has 0 fully saturated rings. The van der Waals surface area contributed by atoms with Crippen molar-refractivity contribution in [2.45, 2.75) is 17.3 Å². The molecule has 1 aromatic carbocycles. The molecule has 0 saturated carbocycles. The lowest BCUT2D eigenvalue weighted by Crippen LogP contribution is -2.31. The first kappa shape index (κ1) is 12.4. The average molecular weight is 263 g/mol. The molecule has 0 bridgehead atoms. The zero-order valence-electron chi connectivity index (χ0n) is 9.61. The van der Waals surface area contributed by atoms with Gasteiger partial charge in [0.2, 0.25) is 5.16 Å². The van der Waals surface area contributed by atoms with Gasteiger partial charge in [-0.15, -0.1) is 10.2 Å². The fourth-order valence-electron chi connectivity index (χ4n) is 1.35. The molecule has 2 N–H and O–H groups in total. The largest absolute Gasteiger partial charge is 0.549 e. The Balaban J connectivity index is 2.27. The van der Waals surface area contributed by atoms with E-state index in [0.717, 1.165) is 17.3 Å². The van der Waals surface area contributed by atoms with Gasteiger partial charge in [0.05, 0.1) is 5.97 Å². The lowest BCUT2D eigenvalue weighted by molar-refractivity contribution is -0.304. The third-order valence-corrected chi connectivity index (χ3v) is 3.35. The number of nitrogens with zero attached hydrogens (tertiary/aromatic N) is 3. The molecular weight excluding hydrogens is 252 g/mol. The topological polar surface area (TPSA) is 96.9 Å². The van der Waals surface area contributed by atoms with Crippen molar-refractivity contribution in [2.75, 3.05) is 5.84 Å². The number of nitrogens with two attached hydrogens (primary N) is 1. The molecule has 1 aromatic heterocycles. The van der Waals surface area contributed by atoms with Crippen molar-refractivity contribution in [1.29, 1.82) is 0 Å². The SMILES string of the molecule is C[C@@H](Sc1nnc(-c2ccccc2)n1N)C(=O)[O-]. The highest BCUT2D eigenvalue weighted by Crippen LogP contribution is 2.24. The fourth-order valence-corrected chi connectivity index (χ4v) is 2.05. The van der Waals surface area contributed by atoms with Crippen LogP contribution in [-0.2, 0) is 4.79 Å². The second-order valence-electron chi connectivity index (χ2n) is 3.62. The number of nitrogen functional groups attached to an aromatic ring is 1. The van der Waals surface area contributed by atoms with Gasteiger partial charge in [0.1, 0.15) is 0 Å². The molecule has 0 aliphatic rings. The van der Waals surface area contributed by atoms with Crippen LogP contribution in [0, 0.1) is 0 Å². The summed E-state index contributed by atoms with van der Waals surface area (Å²) in [6, 6.07) is 9.31. The predicted molar refractivity (Wildman–Crippen MR) is 65.9 cm³/mol. The second-order valence-corrected chi connectivity index (χ2v) is 4.93. The number of carbonyl (C=O) groups is 1. The Hall–Kier alpha value is -2.02. The molecule has 1 atom stereocenters. The van der Waals surface area contributed by atoms with Crippen LogP contribution in [0.3, 0.4) is 0 Å². The molecule has 94 valence electrons. The normalized spacial score (nSPS) is 12.3. The van der Waals surface area contributed by atoms with E-state index in [4.69, 9.17) is 5.84 Å². The number of aliphatic carboxylic acids is 1. The number of aromatic nitrogens is 3. The van der Waals surface area contributed by atoms with Gasteiger partial charge in [0, 0.05) is 10.8 Å². The summed E-state index contributed by atoms with van der Waals surface area (Å²) in [6.45, 7) is 1.51. The Morgan fingerprint density at radius 3 is 2.67 bits per heavy atom. The van der Waals surface area contributed by atoms with Crippen molar-refractivity contribution in [3.63, 3.8) is 0 Å². The summed E-state index contributed by atoms with van der Waals surface area (Å²) in [4.78, 5) is 10.7. The Bertz CT molecular complexity index is 555. The van der Waals surface area contributed by atoms with E-state index in [1.54, 1.807) is 0 Å². The number of hydrogen-bond donors (Lipinski definition) is 1. The van der Waals surface area contributed by atoms with Gasteiger partial charge >= 0.3 is 0 Å². The Morgan fingerprint density at radius 2 is 2.06 bits per heavy atom. The maximum absolute atomic E-state index is 10.7. The lowest BCUT2D eigenvalue weighted by atomic mass is 10.2. The van der Waals surface area contributed by atoms with Gasteiger partial charge in [-0.3, -0.25) is 0 Å². The highest BCUT2D eigenvalue weighted by Gasteiger charge is 2.15. The molecular formula is C11H11N4O2S-. The third-order valence-electron chi connectivity index (χ3n) is 2.31. The lowest BCUT2D eigenvalue weighted by Gasteiger charge is -2.10. The number of rotatable bonds is 4. The zero-order chi connectivity index (χ0) is 13.1. The van der Waals surface area contributed by atoms with Gasteiger partial charge in [0.25, 0.3) is 0 Å². The second kappa shape index (κ2) is 5.09. The summed E-state index contributed by atoms with van der Waals surface area (Å²) in [7, 11) is 0. The molecule has 2 rings (SSSR count). The summed E-state index contributed by atoms with van der Waals surface area (Å²) in [5.74, 6) is 5.17. The van der Waals surface area contributed by atoms with Gasteiger partial charge in [-0.05, 0) is 6.92 Å². The molecule has 6 nitrogen and oxygen atoms in total. The number of carbonyl (C=O) groups excluding carboxylic acids is 1. The number of hydrogen-bond acceptors (Lipinski definition) is 6. The summed E-state index contributed by atoms with van der Waals surface area (Å²) >= 11 is 0.996. The van der Waals surface area contributed by atoms with Crippen LogP contribution in [0.4, 0.5) is 0 Å². The van der Waals surface area contributed by atoms with E-state index in [9.17, 15) is 9.90 Å². The van der Waals surface area contributed by atoms with Crippen LogP contribution in [0.15, 0.2) is 35.5 Å². The maximum atomic E-state index is 10.7. The molecule has 1 heterocycles. The summed E-state index contributed by atoms with van der Waals surface area (Å²) in [6.07, 6.45) is 0. The fraction of sp³-hybridized carbons (Fsp3) is 0.182. The number of carboxylic acids is 1. The van der Waals surface area contributed by atoms with Crippen molar-refractivity contribution in [2.24, 2.45) is 0 Å². The zero-order valence-corrected chi connectivity index (χ0v) is 10.4. The first-order valence-corrected chi connectivity index (χ1v) is 6.11. The molecule has 0 aliphatic carbocycles. The van der Waals surface area contributed by atoms with Gasteiger partial charge in [0.15, 0.2) is 5.82 Å². The minimum absolute atomic E-state index is 0.338. The number of thioether (sulfide) groups is 1. The Labute approximate surface area is 108 Å². The molecule has 0 amide bonds. The first-order chi connectivity index (χ1) is 8.59. The maximum Gasteiger partial charge on any atom is 0.210 e. The van der Waals surface area contributed by atoms with Crippen LogP contribution in [0.1, 0.15) is 6.92 Å². The van der Waals surface area contributed by atoms with Crippen molar-refractivity contribution >= 4 is 17.7 Å². The van der Waals surface area contributed by atoms with Gasteiger partial charge in [-0.2, -0.15) is 0 Å². The van der Waals surface area contributed by atoms with E-state index in [0.29, 0.717) is 11.0 Å². The van der Waals surface area contributed by atoms with E-state index in [2.05, 4.69) is 10.2 Å². The van der Waals surface area contributed by atoms with Gasteiger partial charge < -0.3 is 15.7 Å². The minimum atomic E-state index is -1.16. The average Bonchev–Trinajstić information content (AvgIpc) is 2.72. The molecule has 18 heavy (non-hydrogen) atoms. The standard InChI is InChI=1S/C11H12N4O2S/c1-7(10(16)17)18-11-14-13-9(15(11)12)8-5-3-2-4-6-8/h2-7H,12H2,1H3,(H,16,17)/p-1/t7-/m1/s1. The van der Waals surface area contributed by atoms with Crippen LogP contribution in [0.5, 0.6) is 0 Å². The van der Waals surface area contributed by atoms with Gasteiger partial charge in [-0.25, -0.2) is 4.68 Å². The van der Waals surface area contributed by atoms with Crippen LogP contribution in [-0.4, -0.2) is 26.1 Å². The van der Waals surface area contributed by atoms with E-state index in [-0.39, 0.29) is 0 Å². The Kier molecular flexibility index (Phi) is 3.52. The molecule has 2 aromatic rings. The van der Waals surface area contributed by atoms with Crippen LogP contribution < -0.4 is 10.9 Å². The van der Waals surface area contributed by atoms with Crippen molar-refractivity contribution in [3.8, 4) is 11.4 Å². The molecule has 0 saturated heterocycles. The highest BCUT2D eigenvalue weighted by molar-refractivity contribution is 8.00. The van der Waals surface area contributed by atoms with Crippen LogP contribution >= 0.6 is 11.8 Å². The monoisotopic (exact) mass is 263 g/mol. The molecule has 0 unspecified atom stereocenters. The van der Waals surface area contributed by atoms with E-state index < -0.39 is 11.2 Å². The van der Waals surface area contributed by atoms with Crippen LogP contribution in [0.25, 0.3) is 11.4 Å². The number of carboxylic acid groups (broad SMARTS) is 1. The smallest absolute Gasteiger partial charge is 0.210 e. The quantitative estimate of drug-likeness (QED) is 0.610.